The van der Waals surface area contributed by atoms with E-state index in [1.54, 1.807) is 11.8 Å². The first-order chi connectivity index (χ1) is 9.56. The van der Waals surface area contributed by atoms with Crippen LogP contribution in [0, 0.1) is 5.92 Å². The van der Waals surface area contributed by atoms with Gasteiger partial charge in [-0.05, 0) is 43.2 Å². The van der Waals surface area contributed by atoms with Crippen LogP contribution >= 0.6 is 11.8 Å². The van der Waals surface area contributed by atoms with E-state index >= 15 is 0 Å². The highest BCUT2D eigenvalue weighted by Crippen LogP contribution is 2.27. The SMILES string of the molecule is CS[C@@H](C)c1cccc(NC(=O)NC[C@H](C)CCO)c1. The number of anilines is 1. The van der Waals surface area contributed by atoms with Crippen LogP contribution in [0.1, 0.15) is 31.1 Å². The molecule has 20 heavy (non-hydrogen) atoms. The second-order valence-corrected chi connectivity index (χ2v) is 6.13. The molecule has 1 aromatic carbocycles. The summed E-state index contributed by atoms with van der Waals surface area (Å²) in [5.74, 6) is 0.272. The van der Waals surface area contributed by atoms with E-state index < -0.39 is 0 Å². The number of aliphatic hydroxyl groups excluding tert-OH is 1. The van der Waals surface area contributed by atoms with Crippen LogP contribution in [-0.2, 0) is 0 Å². The molecule has 0 unspecified atom stereocenters. The number of carbonyl (C=O) groups excluding carboxylic acids is 1. The first-order valence-corrected chi connectivity index (χ1v) is 8.14. The fraction of sp³-hybridized carbons (Fsp3) is 0.533. The zero-order valence-electron chi connectivity index (χ0n) is 12.3. The summed E-state index contributed by atoms with van der Waals surface area (Å²) in [6.45, 7) is 4.85. The first kappa shape index (κ1) is 16.9. The minimum Gasteiger partial charge on any atom is -0.396 e. The lowest BCUT2D eigenvalue weighted by Gasteiger charge is -2.13. The molecule has 2 atom stereocenters. The molecular weight excluding hydrogens is 272 g/mol. The summed E-state index contributed by atoms with van der Waals surface area (Å²) >= 11 is 1.77. The summed E-state index contributed by atoms with van der Waals surface area (Å²) in [6, 6.07) is 7.69. The van der Waals surface area contributed by atoms with Gasteiger partial charge in [0, 0.05) is 24.1 Å². The van der Waals surface area contributed by atoms with E-state index in [1.165, 1.54) is 5.56 Å². The van der Waals surface area contributed by atoms with E-state index in [0.717, 1.165) is 5.69 Å². The number of hydrogen-bond donors (Lipinski definition) is 3. The van der Waals surface area contributed by atoms with E-state index in [1.807, 2.05) is 25.1 Å². The van der Waals surface area contributed by atoms with E-state index in [0.29, 0.717) is 18.2 Å². The second-order valence-electron chi connectivity index (χ2n) is 4.96. The number of rotatable bonds is 7. The molecule has 112 valence electrons. The van der Waals surface area contributed by atoms with Crippen molar-refractivity contribution in [3.8, 4) is 0 Å². The lowest BCUT2D eigenvalue weighted by atomic mass is 10.1. The molecule has 0 aliphatic carbocycles. The molecule has 0 spiro atoms. The van der Waals surface area contributed by atoms with Crippen LogP contribution in [0.5, 0.6) is 0 Å². The van der Waals surface area contributed by atoms with Crippen LogP contribution in [0.15, 0.2) is 24.3 Å². The van der Waals surface area contributed by atoms with E-state index in [-0.39, 0.29) is 18.6 Å². The zero-order valence-corrected chi connectivity index (χ0v) is 13.2. The third-order valence-electron chi connectivity index (χ3n) is 3.20. The van der Waals surface area contributed by atoms with Gasteiger partial charge in [-0.2, -0.15) is 11.8 Å². The Labute approximate surface area is 125 Å². The van der Waals surface area contributed by atoms with Crippen molar-refractivity contribution in [2.45, 2.75) is 25.5 Å². The van der Waals surface area contributed by atoms with Crippen molar-refractivity contribution in [1.29, 1.82) is 0 Å². The highest BCUT2D eigenvalue weighted by Gasteiger charge is 2.07. The predicted molar refractivity (Wildman–Crippen MR) is 86.3 cm³/mol. The van der Waals surface area contributed by atoms with E-state index in [2.05, 4.69) is 29.9 Å². The molecule has 0 heterocycles. The minimum atomic E-state index is -0.205. The number of hydrogen-bond acceptors (Lipinski definition) is 3. The smallest absolute Gasteiger partial charge is 0.319 e. The molecule has 3 N–H and O–H groups in total. The maximum absolute atomic E-state index is 11.8. The summed E-state index contributed by atoms with van der Waals surface area (Å²) < 4.78 is 0. The van der Waals surface area contributed by atoms with Crippen molar-refractivity contribution in [3.63, 3.8) is 0 Å². The van der Waals surface area contributed by atoms with Gasteiger partial charge in [-0.15, -0.1) is 0 Å². The van der Waals surface area contributed by atoms with Gasteiger partial charge in [-0.25, -0.2) is 4.79 Å². The Bertz CT molecular complexity index is 426. The van der Waals surface area contributed by atoms with Gasteiger partial charge in [0.25, 0.3) is 0 Å². The van der Waals surface area contributed by atoms with Gasteiger partial charge in [-0.1, -0.05) is 19.1 Å². The highest BCUT2D eigenvalue weighted by molar-refractivity contribution is 7.98. The molecule has 0 aromatic heterocycles. The van der Waals surface area contributed by atoms with Crippen LogP contribution in [0.25, 0.3) is 0 Å². The molecule has 0 fully saturated rings. The number of benzene rings is 1. The van der Waals surface area contributed by atoms with E-state index in [9.17, 15) is 4.79 Å². The van der Waals surface area contributed by atoms with Crippen molar-refractivity contribution < 1.29 is 9.90 Å². The van der Waals surface area contributed by atoms with Crippen molar-refractivity contribution >= 4 is 23.5 Å². The first-order valence-electron chi connectivity index (χ1n) is 6.85. The Hall–Kier alpha value is -1.20. The van der Waals surface area contributed by atoms with E-state index in [4.69, 9.17) is 5.11 Å². The molecule has 0 saturated heterocycles. The normalized spacial score (nSPS) is 13.6. The Morgan fingerprint density at radius 3 is 2.80 bits per heavy atom. The molecule has 2 amide bonds. The summed E-state index contributed by atoms with van der Waals surface area (Å²) in [7, 11) is 0. The van der Waals surface area contributed by atoms with Gasteiger partial charge in [0.15, 0.2) is 0 Å². The van der Waals surface area contributed by atoms with Gasteiger partial charge in [0.2, 0.25) is 0 Å². The Morgan fingerprint density at radius 1 is 1.40 bits per heavy atom. The quantitative estimate of drug-likeness (QED) is 0.724. The van der Waals surface area contributed by atoms with Crippen LogP contribution in [0.3, 0.4) is 0 Å². The highest BCUT2D eigenvalue weighted by atomic mass is 32.2. The Kier molecular flexibility index (Phi) is 7.47. The van der Waals surface area contributed by atoms with Crippen molar-refractivity contribution in [2.75, 3.05) is 24.7 Å². The molecule has 0 radical (unpaired) electrons. The van der Waals surface area contributed by atoms with Crippen molar-refractivity contribution in [3.05, 3.63) is 29.8 Å². The van der Waals surface area contributed by atoms with Gasteiger partial charge in [0.05, 0.1) is 0 Å². The Balaban J connectivity index is 2.49. The van der Waals surface area contributed by atoms with Gasteiger partial charge in [-0.3, -0.25) is 0 Å². The van der Waals surface area contributed by atoms with Gasteiger partial charge in [0.1, 0.15) is 0 Å². The maximum Gasteiger partial charge on any atom is 0.319 e. The van der Waals surface area contributed by atoms with Crippen molar-refractivity contribution in [2.24, 2.45) is 5.92 Å². The largest absolute Gasteiger partial charge is 0.396 e. The predicted octanol–water partition coefficient (Wildman–Crippen LogP) is 3.25. The number of amides is 2. The number of thioether (sulfide) groups is 1. The molecule has 4 nitrogen and oxygen atoms in total. The summed E-state index contributed by atoms with van der Waals surface area (Å²) in [6.07, 6.45) is 2.76. The average Bonchev–Trinajstić information content (AvgIpc) is 2.45. The number of nitrogens with one attached hydrogen (secondary N) is 2. The van der Waals surface area contributed by atoms with Crippen LogP contribution < -0.4 is 10.6 Å². The average molecular weight is 296 g/mol. The number of urea groups is 1. The summed E-state index contributed by atoms with van der Waals surface area (Å²) in [4.78, 5) is 11.8. The second kappa shape index (κ2) is 8.87. The van der Waals surface area contributed by atoms with Gasteiger partial charge >= 0.3 is 6.03 Å². The Morgan fingerprint density at radius 2 is 2.15 bits per heavy atom. The molecule has 0 saturated carbocycles. The van der Waals surface area contributed by atoms with Crippen LogP contribution in [0.4, 0.5) is 10.5 Å². The van der Waals surface area contributed by atoms with Crippen LogP contribution in [0.2, 0.25) is 0 Å². The standard InChI is InChI=1S/C15H24N2O2S/c1-11(7-8-18)10-16-15(19)17-14-6-4-5-13(9-14)12(2)20-3/h4-6,9,11-12,18H,7-8,10H2,1-3H3,(H2,16,17,19)/t11-,12+/m1/s1. The minimum absolute atomic E-state index is 0.152. The zero-order chi connectivity index (χ0) is 15.0. The fourth-order valence-corrected chi connectivity index (χ4v) is 2.19. The molecule has 0 bridgehead atoms. The molecular formula is C15H24N2O2S. The number of carbonyl (C=O) groups is 1. The van der Waals surface area contributed by atoms with Crippen molar-refractivity contribution in [1.82, 2.24) is 5.32 Å². The lowest BCUT2D eigenvalue weighted by Crippen LogP contribution is -2.32. The summed E-state index contributed by atoms with van der Waals surface area (Å²) in [5.41, 5.74) is 2.00. The number of aliphatic hydroxyl groups is 1. The van der Waals surface area contributed by atoms with Crippen LogP contribution in [-0.4, -0.2) is 30.5 Å². The third kappa shape index (κ3) is 5.84. The maximum atomic E-state index is 11.8. The molecule has 0 aliphatic heterocycles. The summed E-state index contributed by atoms with van der Waals surface area (Å²) in [5, 5.41) is 14.9. The third-order valence-corrected chi connectivity index (χ3v) is 4.18. The lowest BCUT2D eigenvalue weighted by molar-refractivity contribution is 0.243. The topological polar surface area (TPSA) is 61.4 Å². The molecule has 1 aromatic rings. The molecule has 1 rings (SSSR count). The molecule has 0 aliphatic rings. The molecule has 5 heteroatoms. The van der Waals surface area contributed by atoms with Gasteiger partial charge < -0.3 is 15.7 Å². The monoisotopic (exact) mass is 296 g/mol. The fourth-order valence-electron chi connectivity index (χ4n) is 1.77.